The monoisotopic (exact) mass is 287 g/mol. The van der Waals surface area contributed by atoms with Gasteiger partial charge in [0.15, 0.2) is 0 Å². The molecule has 0 saturated heterocycles. The molecule has 3 N–H and O–H groups in total. The Morgan fingerprint density at radius 1 is 1.24 bits per heavy atom. The fourth-order valence-corrected chi connectivity index (χ4v) is 2.16. The van der Waals surface area contributed by atoms with Crippen LogP contribution in [0.15, 0.2) is 30.5 Å². The zero-order chi connectivity index (χ0) is 15.4. The number of likely N-dealkylation sites (N-methyl/N-ethyl adjacent to an activating group) is 1. The number of aryl methyl sites for hydroxylation is 2. The molecule has 0 unspecified atom stereocenters. The second-order valence-corrected chi connectivity index (χ2v) is 5.25. The number of nitrogens with one attached hydrogen (secondary N) is 1. The third-order valence-corrected chi connectivity index (χ3v) is 3.17. The van der Waals surface area contributed by atoms with Crippen LogP contribution in [0.2, 0.25) is 0 Å². The molecule has 5 heteroatoms. The Balaban J connectivity index is 1.86. The maximum Gasteiger partial charge on any atom is 0.270 e. The molecule has 0 bridgehead atoms. The zero-order valence-electron chi connectivity index (χ0n) is 12.6. The van der Waals surface area contributed by atoms with Crippen LogP contribution in [0.5, 0.6) is 5.75 Å². The summed E-state index contributed by atoms with van der Waals surface area (Å²) in [5.74, 6) is 0.730. The molecule has 0 saturated carbocycles. The van der Waals surface area contributed by atoms with Crippen molar-refractivity contribution in [2.75, 3.05) is 25.9 Å². The third kappa shape index (κ3) is 4.02. The van der Waals surface area contributed by atoms with Crippen LogP contribution in [0, 0.1) is 13.8 Å². The number of aromatic amines is 1. The second-order valence-electron chi connectivity index (χ2n) is 5.25. The lowest BCUT2D eigenvalue weighted by Crippen LogP contribution is -2.31. The lowest BCUT2D eigenvalue weighted by molar-refractivity contribution is 0.0768. The van der Waals surface area contributed by atoms with Gasteiger partial charge < -0.3 is 20.4 Å². The van der Waals surface area contributed by atoms with Crippen LogP contribution in [0.1, 0.15) is 21.6 Å². The quantitative estimate of drug-likeness (QED) is 0.886. The van der Waals surface area contributed by atoms with Crippen molar-refractivity contribution in [2.45, 2.75) is 13.8 Å². The van der Waals surface area contributed by atoms with E-state index in [-0.39, 0.29) is 5.91 Å². The minimum absolute atomic E-state index is 0.101. The van der Waals surface area contributed by atoms with Gasteiger partial charge in [-0.15, -0.1) is 0 Å². The van der Waals surface area contributed by atoms with Crippen molar-refractivity contribution in [3.8, 4) is 5.75 Å². The number of carbonyl (C=O) groups is 1. The van der Waals surface area contributed by atoms with Crippen molar-refractivity contribution >= 4 is 11.6 Å². The third-order valence-electron chi connectivity index (χ3n) is 3.17. The summed E-state index contributed by atoms with van der Waals surface area (Å²) in [6.07, 6.45) is 1.60. The molecule has 2 rings (SSSR count). The molecular formula is C16H21N3O2. The number of ether oxygens (including phenoxy) is 1. The number of carbonyl (C=O) groups excluding carboxylic acids is 1. The maximum atomic E-state index is 12.1. The maximum absolute atomic E-state index is 12.1. The highest BCUT2D eigenvalue weighted by Crippen LogP contribution is 2.16. The molecule has 112 valence electrons. The van der Waals surface area contributed by atoms with E-state index in [0.29, 0.717) is 24.5 Å². The molecule has 0 aliphatic carbocycles. The van der Waals surface area contributed by atoms with Gasteiger partial charge in [0.25, 0.3) is 5.91 Å². The lowest BCUT2D eigenvalue weighted by atomic mass is 10.1. The molecule has 1 aromatic heterocycles. The number of hydrogen-bond acceptors (Lipinski definition) is 3. The molecular weight excluding hydrogens is 266 g/mol. The number of anilines is 1. The standard InChI is InChI=1S/C16H21N3O2/c1-11-6-12(2)8-14(7-11)21-5-4-19(3)16(20)15-9-13(17)10-18-15/h6-10,18H,4-5,17H2,1-3H3. The fourth-order valence-electron chi connectivity index (χ4n) is 2.16. The van der Waals surface area contributed by atoms with Crippen molar-refractivity contribution in [3.63, 3.8) is 0 Å². The van der Waals surface area contributed by atoms with Crippen molar-refractivity contribution in [1.29, 1.82) is 0 Å². The summed E-state index contributed by atoms with van der Waals surface area (Å²) in [5, 5.41) is 0. The number of rotatable bonds is 5. The summed E-state index contributed by atoms with van der Waals surface area (Å²) in [6.45, 7) is 5.02. The van der Waals surface area contributed by atoms with Gasteiger partial charge in [0.2, 0.25) is 0 Å². The lowest BCUT2D eigenvalue weighted by Gasteiger charge is -2.17. The van der Waals surface area contributed by atoms with Crippen LogP contribution in [0.25, 0.3) is 0 Å². The van der Waals surface area contributed by atoms with Crippen molar-refractivity contribution in [1.82, 2.24) is 9.88 Å². The highest BCUT2D eigenvalue weighted by molar-refractivity contribution is 5.93. The number of nitrogens with two attached hydrogens (primary N) is 1. The normalized spacial score (nSPS) is 10.4. The van der Waals surface area contributed by atoms with Gasteiger partial charge in [-0.3, -0.25) is 4.79 Å². The Kier molecular flexibility index (Phi) is 4.52. The topological polar surface area (TPSA) is 71.3 Å². The Hall–Kier alpha value is -2.43. The van der Waals surface area contributed by atoms with Crippen LogP contribution >= 0.6 is 0 Å². The first-order valence-electron chi connectivity index (χ1n) is 6.86. The van der Waals surface area contributed by atoms with Gasteiger partial charge in [0, 0.05) is 18.9 Å². The van der Waals surface area contributed by atoms with Gasteiger partial charge in [-0.2, -0.15) is 0 Å². The number of nitrogen functional groups attached to an aromatic ring is 1. The predicted molar refractivity (Wildman–Crippen MR) is 83.6 cm³/mol. The van der Waals surface area contributed by atoms with E-state index >= 15 is 0 Å². The van der Waals surface area contributed by atoms with Crippen LogP contribution in [-0.2, 0) is 0 Å². The molecule has 0 atom stereocenters. The van der Waals surface area contributed by atoms with E-state index in [1.54, 1.807) is 24.2 Å². The van der Waals surface area contributed by atoms with Crippen LogP contribution in [0.3, 0.4) is 0 Å². The van der Waals surface area contributed by atoms with Crippen LogP contribution in [0.4, 0.5) is 5.69 Å². The van der Waals surface area contributed by atoms with Crippen molar-refractivity contribution in [3.05, 3.63) is 47.3 Å². The summed E-state index contributed by atoms with van der Waals surface area (Å²) in [7, 11) is 1.74. The average Bonchev–Trinajstić information content (AvgIpc) is 2.83. The molecule has 2 aromatic rings. The van der Waals surface area contributed by atoms with E-state index in [1.807, 2.05) is 26.0 Å². The van der Waals surface area contributed by atoms with Crippen molar-refractivity contribution in [2.24, 2.45) is 0 Å². The number of H-pyrrole nitrogens is 1. The highest BCUT2D eigenvalue weighted by Gasteiger charge is 2.13. The molecule has 0 spiro atoms. The number of aromatic nitrogens is 1. The largest absolute Gasteiger partial charge is 0.492 e. The number of nitrogens with zero attached hydrogens (tertiary/aromatic N) is 1. The SMILES string of the molecule is Cc1cc(C)cc(OCCN(C)C(=O)c2cc(N)c[nH]2)c1. The Morgan fingerprint density at radius 3 is 2.48 bits per heavy atom. The predicted octanol–water partition coefficient (Wildman–Crippen LogP) is 2.36. The summed E-state index contributed by atoms with van der Waals surface area (Å²) < 4.78 is 5.70. The Bertz CT molecular complexity index is 614. The molecule has 1 aromatic carbocycles. The molecule has 0 aliphatic heterocycles. The van der Waals surface area contributed by atoms with Gasteiger partial charge in [0.05, 0.1) is 6.54 Å². The number of benzene rings is 1. The highest BCUT2D eigenvalue weighted by atomic mass is 16.5. The fraction of sp³-hybridized carbons (Fsp3) is 0.312. The Morgan fingerprint density at radius 2 is 1.90 bits per heavy atom. The van der Waals surface area contributed by atoms with E-state index in [0.717, 1.165) is 16.9 Å². The van der Waals surface area contributed by atoms with Gasteiger partial charge in [-0.05, 0) is 43.2 Å². The minimum atomic E-state index is -0.101. The van der Waals surface area contributed by atoms with Gasteiger partial charge in [-0.25, -0.2) is 0 Å². The van der Waals surface area contributed by atoms with E-state index in [9.17, 15) is 4.79 Å². The molecule has 21 heavy (non-hydrogen) atoms. The number of hydrogen-bond donors (Lipinski definition) is 2. The summed E-state index contributed by atoms with van der Waals surface area (Å²) in [4.78, 5) is 16.5. The first-order chi connectivity index (χ1) is 9.95. The smallest absolute Gasteiger partial charge is 0.270 e. The zero-order valence-corrected chi connectivity index (χ0v) is 12.6. The van der Waals surface area contributed by atoms with Gasteiger partial charge in [-0.1, -0.05) is 6.07 Å². The van der Waals surface area contributed by atoms with Crippen LogP contribution < -0.4 is 10.5 Å². The average molecular weight is 287 g/mol. The number of amides is 1. The van der Waals surface area contributed by atoms with Gasteiger partial charge in [0.1, 0.15) is 18.1 Å². The molecule has 1 amide bonds. The minimum Gasteiger partial charge on any atom is -0.492 e. The summed E-state index contributed by atoms with van der Waals surface area (Å²) >= 11 is 0. The summed E-state index contributed by atoms with van der Waals surface area (Å²) in [6, 6.07) is 7.70. The van der Waals surface area contributed by atoms with E-state index in [4.69, 9.17) is 10.5 Å². The van der Waals surface area contributed by atoms with Crippen molar-refractivity contribution < 1.29 is 9.53 Å². The first kappa shape index (κ1) is 15.0. The molecule has 0 fully saturated rings. The molecule has 0 aliphatic rings. The molecule has 5 nitrogen and oxygen atoms in total. The van der Waals surface area contributed by atoms with Gasteiger partial charge >= 0.3 is 0 Å². The Labute approximate surface area is 124 Å². The first-order valence-corrected chi connectivity index (χ1v) is 6.86. The van der Waals surface area contributed by atoms with E-state index in [2.05, 4.69) is 11.1 Å². The molecule has 1 heterocycles. The molecule has 0 radical (unpaired) electrons. The van der Waals surface area contributed by atoms with Crippen LogP contribution in [-0.4, -0.2) is 36.0 Å². The summed E-state index contributed by atoms with van der Waals surface area (Å²) in [5.41, 5.74) is 8.96. The van der Waals surface area contributed by atoms with E-state index in [1.165, 1.54) is 0 Å². The second kappa shape index (κ2) is 6.35. The van der Waals surface area contributed by atoms with E-state index < -0.39 is 0 Å².